The molecule has 11 heteroatoms. The normalized spacial score (nSPS) is 14.8. The highest BCUT2D eigenvalue weighted by Gasteiger charge is 2.21. The van der Waals surface area contributed by atoms with Crippen molar-refractivity contribution >= 4 is 17.7 Å². The summed E-state index contributed by atoms with van der Waals surface area (Å²) in [5.41, 5.74) is 3.30. The highest BCUT2D eigenvalue weighted by Crippen LogP contribution is 2.25. The fraction of sp³-hybridized carbons (Fsp3) is 0.515. The topological polar surface area (TPSA) is 139 Å². The van der Waals surface area contributed by atoms with Gasteiger partial charge in [0.2, 0.25) is 0 Å². The molecule has 11 nitrogen and oxygen atoms in total. The quantitative estimate of drug-likeness (QED) is 0.213. The van der Waals surface area contributed by atoms with Gasteiger partial charge in [-0.1, -0.05) is 6.07 Å². The van der Waals surface area contributed by atoms with E-state index in [0.717, 1.165) is 36.7 Å². The van der Waals surface area contributed by atoms with Crippen LogP contribution in [0.15, 0.2) is 47.3 Å². The van der Waals surface area contributed by atoms with Crippen molar-refractivity contribution in [1.82, 2.24) is 20.2 Å². The number of oxazole rings is 1. The zero-order valence-corrected chi connectivity index (χ0v) is 26.4. The Bertz CT molecular complexity index is 1400. The molecule has 1 amide bonds. The fourth-order valence-corrected chi connectivity index (χ4v) is 4.99. The van der Waals surface area contributed by atoms with Crippen molar-refractivity contribution in [2.24, 2.45) is 0 Å². The number of nitrogens with zero attached hydrogens (tertiary/aromatic N) is 3. The standard InChI is InChI=1S/C33H45N5O6/c1-22(10-13-35-32(41)44-33(3,4)5)37-31-17-25(11-14-34-31)29(40)9-7-27(39)19-38-15-12-24-16-28(8-6-26(24)18-38)42-20-30-23(2)36-21-43-30/h6,8,11,14,16-17,21-22,27,39H,7,9-10,12-13,15,18-20H2,1-5H3,(H,34,37)(H,35,41)/t22-,27+/m1/s1. The third-order valence-electron chi connectivity index (χ3n) is 7.38. The Kier molecular flexibility index (Phi) is 11.4. The number of rotatable bonds is 14. The SMILES string of the molecule is Cc1ncoc1COc1ccc2c(c1)CCN(C[C@@H](O)CCC(=O)c1ccnc(N[C@H](C)CCNC(=O)OC(C)(C)C)c1)C2. The number of β-amino-alcohol motifs (C(OH)–C–C–N with tert-alkyl or cyclic N) is 1. The molecule has 2 aromatic heterocycles. The van der Waals surface area contributed by atoms with Gasteiger partial charge in [0.05, 0.1) is 11.8 Å². The Hall–Kier alpha value is -3.96. The van der Waals surface area contributed by atoms with Crippen LogP contribution in [0.3, 0.4) is 0 Å². The van der Waals surface area contributed by atoms with E-state index < -0.39 is 17.8 Å². The van der Waals surface area contributed by atoms with E-state index in [4.69, 9.17) is 13.9 Å². The van der Waals surface area contributed by atoms with E-state index in [-0.39, 0.29) is 18.2 Å². The maximum absolute atomic E-state index is 12.9. The minimum atomic E-state index is -0.606. The molecule has 1 aliphatic rings. The second-order valence-electron chi connectivity index (χ2n) is 12.4. The van der Waals surface area contributed by atoms with Crippen molar-refractivity contribution in [3.05, 3.63) is 71.1 Å². The minimum Gasteiger partial charge on any atom is -0.486 e. The number of aromatic nitrogens is 2. The number of ketones is 1. The van der Waals surface area contributed by atoms with Crippen molar-refractivity contribution in [2.45, 2.75) is 91.2 Å². The highest BCUT2D eigenvalue weighted by molar-refractivity contribution is 5.96. The summed E-state index contributed by atoms with van der Waals surface area (Å²) < 4.78 is 16.5. The molecule has 0 radical (unpaired) electrons. The van der Waals surface area contributed by atoms with Gasteiger partial charge < -0.3 is 29.6 Å². The number of carbonyl (C=O) groups is 2. The summed E-state index contributed by atoms with van der Waals surface area (Å²) >= 11 is 0. The second kappa shape index (κ2) is 15.2. The number of ether oxygens (including phenoxy) is 2. The summed E-state index contributed by atoms with van der Waals surface area (Å²) in [5, 5.41) is 16.8. The average molecular weight is 608 g/mol. The van der Waals surface area contributed by atoms with E-state index >= 15 is 0 Å². The van der Waals surface area contributed by atoms with E-state index in [9.17, 15) is 14.7 Å². The van der Waals surface area contributed by atoms with Crippen LogP contribution in [0.4, 0.5) is 10.6 Å². The lowest BCUT2D eigenvalue weighted by Gasteiger charge is -2.30. The number of nitrogens with one attached hydrogen (secondary N) is 2. The molecule has 3 heterocycles. The first-order chi connectivity index (χ1) is 20.9. The van der Waals surface area contributed by atoms with Crippen LogP contribution < -0.4 is 15.4 Å². The Morgan fingerprint density at radius 2 is 1.95 bits per heavy atom. The summed E-state index contributed by atoms with van der Waals surface area (Å²) in [6, 6.07) is 9.56. The molecule has 1 aliphatic heterocycles. The average Bonchev–Trinajstić information content (AvgIpc) is 3.38. The summed E-state index contributed by atoms with van der Waals surface area (Å²) in [6.45, 7) is 12.2. The van der Waals surface area contributed by atoms with Crippen molar-refractivity contribution in [3.63, 3.8) is 0 Å². The van der Waals surface area contributed by atoms with Crippen molar-refractivity contribution in [2.75, 3.05) is 25.0 Å². The van der Waals surface area contributed by atoms with E-state index in [1.54, 1.807) is 18.3 Å². The first-order valence-corrected chi connectivity index (χ1v) is 15.2. The largest absolute Gasteiger partial charge is 0.486 e. The van der Waals surface area contributed by atoms with Crippen LogP contribution >= 0.6 is 0 Å². The van der Waals surface area contributed by atoms with Gasteiger partial charge in [0.25, 0.3) is 0 Å². The number of anilines is 1. The smallest absolute Gasteiger partial charge is 0.407 e. The first-order valence-electron chi connectivity index (χ1n) is 15.2. The second-order valence-corrected chi connectivity index (χ2v) is 12.4. The predicted molar refractivity (Wildman–Crippen MR) is 167 cm³/mol. The number of alkyl carbamates (subject to hydrolysis) is 1. The summed E-state index contributed by atoms with van der Waals surface area (Å²) in [4.78, 5) is 35.4. The Balaban J connectivity index is 1.17. The minimum absolute atomic E-state index is 0.0157. The summed E-state index contributed by atoms with van der Waals surface area (Å²) in [6.07, 6.45) is 4.13. The lowest BCUT2D eigenvalue weighted by Crippen LogP contribution is -2.36. The zero-order valence-electron chi connectivity index (χ0n) is 26.4. The Morgan fingerprint density at radius 1 is 1.14 bits per heavy atom. The molecular weight excluding hydrogens is 562 g/mol. The van der Waals surface area contributed by atoms with Gasteiger partial charge in [-0.2, -0.15) is 0 Å². The summed E-state index contributed by atoms with van der Waals surface area (Å²) in [5.74, 6) is 2.07. The van der Waals surface area contributed by atoms with Crippen LogP contribution in [-0.4, -0.2) is 69.2 Å². The fourth-order valence-electron chi connectivity index (χ4n) is 4.99. The number of hydrogen-bond acceptors (Lipinski definition) is 10. The highest BCUT2D eigenvalue weighted by atomic mass is 16.6. The van der Waals surface area contributed by atoms with Gasteiger partial charge in [-0.3, -0.25) is 9.69 Å². The first kappa shape index (κ1) is 32.9. The summed E-state index contributed by atoms with van der Waals surface area (Å²) in [7, 11) is 0. The number of fused-ring (bicyclic) bond motifs is 1. The zero-order chi connectivity index (χ0) is 31.7. The molecular formula is C33H45N5O6. The molecule has 1 aromatic carbocycles. The number of hydrogen-bond donors (Lipinski definition) is 3. The van der Waals surface area contributed by atoms with Gasteiger partial charge in [-0.25, -0.2) is 14.8 Å². The van der Waals surface area contributed by atoms with Crippen LogP contribution in [0.25, 0.3) is 0 Å². The Morgan fingerprint density at radius 3 is 2.70 bits per heavy atom. The maximum Gasteiger partial charge on any atom is 0.407 e. The van der Waals surface area contributed by atoms with Crippen molar-refractivity contribution < 1.29 is 28.6 Å². The molecule has 3 N–H and O–H groups in total. The number of benzene rings is 1. The molecule has 0 fully saturated rings. The Labute approximate surface area is 259 Å². The molecule has 3 aromatic rings. The van der Waals surface area contributed by atoms with Gasteiger partial charge in [-0.05, 0) is 89.3 Å². The van der Waals surface area contributed by atoms with E-state index in [0.29, 0.717) is 43.9 Å². The third-order valence-corrected chi connectivity index (χ3v) is 7.38. The number of amides is 1. The van der Waals surface area contributed by atoms with Crippen molar-refractivity contribution in [1.29, 1.82) is 0 Å². The van der Waals surface area contributed by atoms with E-state index in [2.05, 4.69) is 37.6 Å². The third kappa shape index (κ3) is 10.3. The molecule has 0 saturated carbocycles. The number of Topliss-reactive ketones (excluding diaryl/α,β-unsaturated/α-hetero) is 1. The molecule has 4 rings (SSSR count). The van der Waals surface area contributed by atoms with Gasteiger partial charge in [0.15, 0.2) is 17.9 Å². The van der Waals surface area contributed by atoms with Gasteiger partial charge in [0, 0.05) is 50.4 Å². The molecule has 2 atom stereocenters. The number of carbonyl (C=O) groups excluding carboxylic acids is 2. The maximum atomic E-state index is 12.9. The van der Waals surface area contributed by atoms with Crippen molar-refractivity contribution in [3.8, 4) is 5.75 Å². The molecule has 0 saturated heterocycles. The molecule has 0 spiro atoms. The lowest BCUT2D eigenvalue weighted by atomic mass is 9.98. The van der Waals surface area contributed by atoms with Crippen LogP contribution in [0, 0.1) is 6.92 Å². The van der Waals surface area contributed by atoms with Crippen LogP contribution in [0.2, 0.25) is 0 Å². The lowest BCUT2D eigenvalue weighted by molar-refractivity contribution is 0.0526. The number of aliphatic hydroxyl groups is 1. The monoisotopic (exact) mass is 607 g/mol. The molecule has 0 bridgehead atoms. The van der Waals surface area contributed by atoms with E-state index in [1.165, 1.54) is 17.5 Å². The molecule has 0 aliphatic carbocycles. The van der Waals surface area contributed by atoms with Crippen LogP contribution in [0.1, 0.15) is 79.9 Å². The van der Waals surface area contributed by atoms with Gasteiger partial charge in [0.1, 0.15) is 23.8 Å². The van der Waals surface area contributed by atoms with Gasteiger partial charge >= 0.3 is 6.09 Å². The number of pyridine rings is 1. The van der Waals surface area contributed by atoms with Crippen LogP contribution in [0.5, 0.6) is 5.75 Å². The number of aliphatic hydroxyl groups excluding tert-OH is 1. The van der Waals surface area contributed by atoms with E-state index in [1.807, 2.05) is 40.7 Å². The van der Waals surface area contributed by atoms with Gasteiger partial charge in [-0.15, -0.1) is 0 Å². The predicted octanol–water partition coefficient (Wildman–Crippen LogP) is 5.05. The van der Waals surface area contributed by atoms with Crippen LogP contribution in [-0.2, 0) is 24.3 Å². The number of aryl methyl sites for hydroxylation is 1. The molecule has 44 heavy (non-hydrogen) atoms. The molecule has 238 valence electrons. The molecule has 0 unspecified atom stereocenters.